The van der Waals surface area contributed by atoms with Gasteiger partial charge in [-0.25, -0.2) is 0 Å². The van der Waals surface area contributed by atoms with E-state index in [0.29, 0.717) is 22.0 Å². The Hall–Kier alpha value is -3.28. The van der Waals surface area contributed by atoms with E-state index in [-0.39, 0.29) is 16.4 Å². The van der Waals surface area contributed by atoms with Crippen LogP contribution >= 0.6 is 23.2 Å². The van der Waals surface area contributed by atoms with Crippen LogP contribution in [0, 0.1) is 6.92 Å². The Morgan fingerprint density at radius 2 is 1.72 bits per heavy atom. The van der Waals surface area contributed by atoms with Gasteiger partial charge in [-0.15, -0.1) is 0 Å². The molecular formula is C25H19Cl2NO4. The number of rotatable bonds is 4. The number of methoxy groups -OCH3 is 1. The third kappa shape index (κ3) is 3.74. The molecule has 32 heavy (non-hydrogen) atoms. The minimum atomic E-state index is -0.835. The molecule has 0 spiro atoms. The molecule has 1 heterocycles. The van der Waals surface area contributed by atoms with Crippen molar-refractivity contribution in [1.82, 2.24) is 0 Å². The molecule has 7 heteroatoms. The van der Waals surface area contributed by atoms with Gasteiger partial charge < -0.3 is 9.84 Å². The van der Waals surface area contributed by atoms with E-state index in [1.807, 2.05) is 31.2 Å². The molecule has 1 fully saturated rings. The number of aliphatic hydroxyl groups excluding tert-OH is 1. The molecule has 4 rings (SSSR count). The molecule has 1 aliphatic heterocycles. The van der Waals surface area contributed by atoms with Crippen LogP contribution in [-0.2, 0) is 9.59 Å². The van der Waals surface area contributed by atoms with Gasteiger partial charge in [0.1, 0.15) is 11.5 Å². The van der Waals surface area contributed by atoms with Crippen LogP contribution in [0.25, 0.3) is 5.76 Å². The van der Waals surface area contributed by atoms with E-state index in [1.165, 1.54) is 24.1 Å². The molecule has 0 saturated carbocycles. The number of amides is 1. The average Bonchev–Trinajstić information content (AvgIpc) is 3.06. The lowest BCUT2D eigenvalue weighted by Crippen LogP contribution is -2.29. The quantitative estimate of drug-likeness (QED) is 0.293. The second-order valence-corrected chi connectivity index (χ2v) is 8.17. The van der Waals surface area contributed by atoms with Crippen molar-refractivity contribution in [2.45, 2.75) is 13.0 Å². The Morgan fingerprint density at radius 3 is 2.41 bits per heavy atom. The molecule has 3 aromatic rings. The molecule has 1 unspecified atom stereocenters. The van der Waals surface area contributed by atoms with Crippen molar-refractivity contribution in [3.63, 3.8) is 0 Å². The number of Topliss-reactive ketones (excluding diaryl/α,β-unsaturated/α-hetero) is 1. The number of carbonyl (C=O) groups excluding carboxylic acids is 2. The van der Waals surface area contributed by atoms with Gasteiger partial charge in [0, 0.05) is 17.3 Å². The zero-order valence-corrected chi connectivity index (χ0v) is 18.8. The summed E-state index contributed by atoms with van der Waals surface area (Å²) in [6.45, 7) is 1.89. The predicted octanol–water partition coefficient (Wildman–Crippen LogP) is 5.94. The van der Waals surface area contributed by atoms with Gasteiger partial charge in [-0.2, -0.15) is 0 Å². The normalized spacial score (nSPS) is 17.6. The molecule has 1 aliphatic rings. The highest BCUT2D eigenvalue weighted by Crippen LogP contribution is 2.44. The first-order valence-electron chi connectivity index (χ1n) is 9.79. The summed E-state index contributed by atoms with van der Waals surface area (Å²) in [6, 6.07) is 18.0. The first-order chi connectivity index (χ1) is 15.3. The summed E-state index contributed by atoms with van der Waals surface area (Å²) >= 11 is 12.1. The lowest BCUT2D eigenvalue weighted by atomic mass is 9.92. The number of aryl methyl sites for hydroxylation is 1. The average molecular weight is 468 g/mol. The molecule has 162 valence electrons. The van der Waals surface area contributed by atoms with Gasteiger partial charge in [-0.05, 0) is 48.4 Å². The Kier molecular flexibility index (Phi) is 5.96. The third-order valence-corrected chi connectivity index (χ3v) is 6.19. The van der Waals surface area contributed by atoms with Crippen molar-refractivity contribution in [2.75, 3.05) is 12.0 Å². The zero-order valence-electron chi connectivity index (χ0n) is 17.3. The molecule has 1 atom stereocenters. The highest BCUT2D eigenvalue weighted by molar-refractivity contribution is 6.51. The number of ether oxygens (including phenoxy) is 1. The van der Waals surface area contributed by atoms with Crippen LogP contribution in [0.4, 0.5) is 5.69 Å². The summed E-state index contributed by atoms with van der Waals surface area (Å²) in [7, 11) is 1.52. The summed E-state index contributed by atoms with van der Waals surface area (Å²) in [4.78, 5) is 27.8. The number of halogens is 2. The summed E-state index contributed by atoms with van der Waals surface area (Å²) in [6.07, 6.45) is 0. The van der Waals surface area contributed by atoms with Crippen LogP contribution in [0.5, 0.6) is 5.75 Å². The van der Waals surface area contributed by atoms with Crippen molar-refractivity contribution < 1.29 is 19.4 Å². The first kappa shape index (κ1) is 21.9. The Balaban J connectivity index is 1.98. The van der Waals surface area contributed by atoms with E-state index in [1.54, 1.807) is 30.3 Å². The van der Waals surface area contributed by atoms with E-state index in [2.05, 4.69) is 0 Å². The van der Waals surface area contributed by atoms with Crippen LogP contribution < -0.4 is 9.64 Å². The van der Waals surface area contributed by atoms with Gasteiger partial charge in [0.25, 0.3) is 11.7 Å². The molecule has 1 N–H and O–H groups in total. The zero-order chi connectivity index (χ0) is 23.0. The van der Waals surface area contributed by atoms with Crippen molar-refractivity contribution in [1.29, 1.82) is 0 Å². The van der Waals surface area contributed by atoms with Crippen LogP contribution in [-0.4, -0.2) is 23.9 Å². The molecule has 0 aliphatic carbocycles. The fourth-order valence-electron chi connectivity index (χ4n) is 3.85. The molecule has 1 amide bonds. The number of hydrogen-bond donors (Lipinski definition) is 1. The summed E-state index contributed by atoms with van der Waals surface area (Å²) in [5.74, 6) is -1.31. The van der Waals surface area contributed by atoms with Crippen molar-refractivity contribution in [2.24, 2.45) is 0 Å². The second-order valence-electron chi connectivity index (χ2n) is 7.36. The Bertz CT molecular complexity index is 1270. The SMILES string of the molecule is COc1cccc(N2C(=O)C(=O)/C(=C(/O)c3ccc(Cl)c(Cl)c3)C2c2ccccc2C)c1. The van der Waals surface area contributed by atoms with E-state index in [9.17, 15) is 14.7 Å². The van der Waals surface area contributed by atoms with E-state index in [0.717, 1.165) is 11.1 Å². The van der Waals surface area contributed by atoms with Crippen molar-refractivity contribution >= 4 is 46.3 Å². The maximum atomic E-state index is 13.2. The number of carbonyl (C=O) groups is 2. The molecule has 1 saturated heterocycles. The van der Waals surface area contributed by atoms with Crippen LogP contribution in [0.3, 0.4) is 0 Å². The number of hydrogen-bond acceptors (Lipinski definition) is 4. The molecule has 0 aromatic heterocycles. The van der Waals surface area contributed by atoms with Crippen LogP contribution in [0.15, 0.2) is 72.3 Å². The van der Waals surface area contributed by atoms with E-state index >= 15 is 0 Å². The largest absolute Gasteiger partial charge is 0.507 e. The van der Waals surface area contributed by atoms with Crippen LogP contribution in [0.2, 0.25) is 10.0 Å². The number of aliphatic hydroxyl groups is 1. The second kappa shape index (κ2) is 8.69. The highest BCUT2D eigenvalue weighted by atomic mass is 35.5. The topological polar surface area (TPSA) is 66.8 Å². The standard InChI is InChI=1S/C25H19Cl2NO4/c1-14-6-3-4-9-18(14)22-21(23(29)15-10-11-19(26)20(27)12-15)24(30)25(31)28(22)16-7-5-8-17(13-16)32-2/h3-13,22,29H,1-2H3/b23-21+. The van der Waals surface area contributed by atoms with Gasteiger partial charge in [0.2, 0.25) is 0 Å². The van der Waals surface area contributed by atoms with Gasteiger partial charge >= 0.3 is 0 Å². The number of ketones is 1. The number of anilines is 1. The molecule has 5 nitrogen and oxygen atoms in total. The van der Waals surface area contributed by atoms with Gasteiger partial charge in [0.05, 0.1) is 28.8 Å². The Labute approximate surface area is 195 Å². The van der Waals surface area contributed by atoms with E-state index in [4.69, 9.17) is 27.9 Å². The highest BCUT2D eigenvalue weighted by Gasteiger charge is 2.47. The summed E-state index contributed by atoms with van der Waals surface area (Å²) in [5.41, 5.74) is 2.34. The number of nitrogens with zero attached hydrogens (tertiary/aromatic N) is 1. The van der Waals surface area contributed by atoms with Gasteiger partial charge in [-0.3, -0.25) is 14.5 Å². The smallest absolute Gasteiger partial charge is 0.300 e. The lowest BCUT2D eigenvalue weighted by Gasteiger charge is -2.27. The minimum absolute atomic E-state index is 0.0227. The third-order valence-electron chi connectivity index (χ3n) is 5.45. The summed E-state index contributed by atoms with van der Waals surface area (Å²) in [5, 5.41) is 11.7. The van der Waals surface area contributed by atoms with Crippen molar-refractivity contribution in [3.8, 4) is 5.75 Å². The maximum Gasteiger partial charge on any atom is 0.300 e. The number of benzene rings is 3. The Morgan fingerprint density at radius 1 is 0.969 bits per heavy atom. The molecule has 0 bridgehead atoms. The predicted molar refractivity (Wildman–Crippen MR) is 125 cm³/mol. The fourth-order valence-corrected chi connectivity index (χ4v) is 4.14. The van der Waals surface area contributed by atoms with Crippen LogP contribution in [0.1, 0.15) is 22.7 Å². The molecular weight excluding hydrogens is 449 g/mol. The fraction of sp³-hybridized carbons (Fsp3) is 0.120. The van der Waals surface area contributed by atoms with Gasteiger partial charge in [-0.1, -0.05) is 53.5 Å². The van der Waals surface area contributed by atoms with Gasteiger partial charge in [0.15, 0.2) is 0 Å². The lowest BCUT2D eigenvalue weighted by molar-refractivity contribution is -0.132. The minimum Gasteiger partial charge on any atom is -0.507 e. The first-order valence-corrected chi connectivity index (χ1v) is 10.5. The molecule has 0 radical (unpaired) electrons. The maximum absolute atomic E-state index is 13.2. The van der Waals surface area contributed by atoms with E-state index < -0.39 is 17.7 Å². The van der Waals surface area contributed by atoms with Crippen molar-refractivity contribution in [3.05, 3.63) is 99.0 Å². The monoisotopic (exact) mass is 467 g/mol. The summed E-state index contributed by atoms with van der Waals surface area (Å²) < 4.78 is 5.30. The molecule has 3 aromatic carbocycles.